The van der Waals surface area contributed by atoms with Crippen LogP contribution < -0.4 is 5.32 Å². The van der Waals surface area contributed by atoms with E-state index in [1.807, 2.05) is 0 Å². The quantitative estimate of drug-likeness (QED) is 0.0644. The fourth-order valence-electron chi connectivity index (χ4n) is 8.20. The summed E-state index contributed by atoms with van der Waals surface area (Å²) in [5, 5.41) is 181. The standard InChI is InChI=1S/C36H61NO28/c1-9-11(43)3-36(35(55)56,65-27(9)18(45)12(44)4-38)57-8-16-20(47)30(26(53)34(61-16)63-29-14(6-40)58-31(54)24(51)23(29)50)64-32-17(37-10(2)42)21(48)28(15(7-41)60-32)62-33-25(52)22(49)19(46)13(5-39)59-33/h9,11-34,38-41,43-54H,3-8H2,1-2H3,(H,37,42)(H,55,56)/t9?,11-,12-,13?,14?,15?,16?,17?,18-,19+,20+,21-,22+,23-,24?,25?,26?,27-,28-,29-,30+,31?,32+,33+,34+,36-/m1/s1. The molecule has 10 unspecified atom stereocenters. The molecular formula is C36H61NO28. The van der Waals surface area contributed by atoms with Crippen LogP contribution in [-0.2, 0) is 52.2 Å². The molecule has 0 saturated carbocycles. The van der Waals surface area contributed by atoms with E-state index in [0.29, 0.717) is 0 Å². The van der Waals surface area contributed by atoms with Crippen molar-refractivity contribution >= 4 is 11.9 Å². The zero-order chi connectivity index (χ0) is 48.4. The van der Waals surface area contributed by atoms with E-state index in [2.05, 4.69) is 5.32 Å². The van der Waals surface area contributed by atoms with Crippen molar-refractivity contribution in [1.29, 1.82) is 0 Å². The lowest BCUT2D eigenvalue weighted by atomic mass is 9.84. The topological polar surface area (TPSA) is 473 Å². The number of hydrogen-bond acceptors (Lipinski definition) is 27. The number of nitrogens with one attached hydrogen (secondary N) is 1. The van der Waals surface area contributed by atoms with Gasteiger partial charge in [-0.2, -0.15) is 0 Å². The summed E-state index contributed by atoms with van der Waals surface area (Å²) < 4.78 is 50.8. The van der Waals surface area contributed by atoms with Crippen molar-refractivity contribution in [2.24, 2.45) is 5.92 Å². The van der Waals surface area contributed by atoms with E-state index >= 15 is 0 Å². The molecule has 29 heteroatoms. The van der Waals surface area contributed by atoms with Crippen LogP contribution in [0.5, 0.6) is 0 Å². The van der Waals surface area contributed by atoms with Crippen LogP contribution in [0, 0.1) is 5.92 Å². The third kappa shape index (κ3) is 11.4. The van der Waals surface area contributed by atoms with Gasteiger partial charge in [-0.05, 0) is 0 Å². The molecule has 26 atom stereocenters. The van der Waals surface area contributed by atoms with E-state index in [-0.39, 0.29) is 0 Å². The monoisotopic (exact) mass is 955 g/mol. The summed E-state index contributed by atoms with van der Waals surface area (Å²) in [5.41, 5.74) is 0. The Bertz CT molecular complexity index is 1530. The number of amides is 1. The Kier molecular flexibility index (Phi) is 18.7. The Morgan fingerprint density at radius 3 is 1.75 bits per heavy atom. The predicted octanol–water partition coefficient (Wildman–Crippen LogP) is -11.3. The third-order valence-corrected chi connectivity index (χ3v) is 12.1. The van der Waals surface area contributed by atoms with Gasteiger partial charge in [-0.3, -0.25) is 4.79 Å². The number of aliphatic hydroxyl groups excluding tert-OH is 16. The van der Waals surface area contributed by atoms with Crippen LogP contribution in [0.25, 0.3) is 0 Å². The lowest BCUT2D eigenvalue weighted by Crippen LogP contribution is -2.70. The van der Waals surface area contributed by atoms with Gasteiger partial charge in [0.2, 0.25) is 5.91 Å². The van der Waals surface area contributed by atoms with Crippen LogP contribution >= 0.6 is 0 Å². The van der Waals surface area contributed by atoms with E-state index in [4.69, 9.17) is 42.6 Å². The third-order valence-electron chi connectivity index (χ3n) is 12.1. The maximum atomic E-state index is 12.8. The largest absolute Gasteiger partial charge is 0.477 e. The number of carboxylic acid groups (broad SMARTS) is 1. The minimum atomic E-state index is -2.88. The molecule has 29 nitrogen and oxygen atoms in total. The molecule has 5 aliphatic rings. The first-order chi connectivity index (χ1) is 30.5. The van der Waals surface area contributed by atoms with Crippen molar-refractivity contribution in [3.05, 3.63) is 0 Å². The number of aliphatic hydroxyl groups is 16. The van der Waals surface area contributed by atoms with Crippen molar-refractivity contribution in [3.8, 4) is 0 Å². The fourth-order valence-corrected chi connectivity index (χ4v) is 8.20. The molecule has 18 N–H and O–H groups in total. The first-order valence-corrected chi connectivity index (χ1v) is 20.6. The molecule has 0 aromatic heterocycles. The van der Waals surface area contributed by atoms with Crippen molar-refractivity contribution in [2.45, 2.75) is 173 Å². The number of ether oxygens (including phenoxy) is 9. The second kappa shape index (κ2) is 22.6. The summed E-state index contributed by atoms with van der Waals surface area (Å²) in [6, 6.07) is -1.79. The molecular weight excluding hydrogens is 894 g/mol. The molecule has 5 aliphatic heterocycles. The maximum Gasteiger partial charge on any atom is 0.364 e. The van der Waals surface area contributed by atoms with Gasteiger partial charge in [0.15, 0.2) is 25.2 Å². The molecule has 5 fully saturated rings. The summed E-state index contributed by atoms with van der Waals surface area (Å²) in [4.78, 5) is 25.3. The second-order valence-corrected chi connectivity index (χ2v) is 16.5. The minimum absolute atomic E-state index is 0.835. The SMILES string of the molecule is CC(=O)NC1[C@H](O[C@@H]2C(O)[C@H](O[C@@H]3C(CO)OC(O)C(O)[C@H]3O)OC(CO[C@]3(C(=O)O)C[C@@H](O)C(C)[C@H]([C@H](O)[C@H](O)CO)O3)[C@@H]2O)OC(CO)[C@@H](O[C@@H]2OC(CO)[C@H](O)[C@H](O)C2O)[C@@H]1O. The van der Waals surface area contributed by atoms with Crippen LogP contribution in [0.1, 0.15) is 20.3 Å². The normalized spacial score (nSPS) is 48.3. The van der Waals surface area contributed by atoms with Crippen LogP contribution in [-0.4, -0.2) is 285 Å². The molecule has 0 aliphatic carbocycles. The highest BCUT2D eigenvalue weighted by Crippen LogP contribution is 2.39. The number of hydrogen-bond donors (Lipinski definition) is 18. The number of carbonyl (C=O) groups excluding carboxylic acids is 1. The van der Waals surface area contributed by atoms with Crippen LogP contribution in [0.3, 0.4) is 0 Å². The summed E-state index contributed by atoms with van der Waals surface area (Å²) in [7, 11) is 0. The number of aliphatic carboxylic acids is 1. The Hall–Kier alpha value is -2.06. The van der Waals surface area contributed by atoms with E-state index in [1.54, 1.807) is 0 Å². The molecule has 65 heavy (non-hydrogen) atoms. The van der Waals surface area contributed by atoms with E-state index < -0.39 is 210 Å². The fraction of sp³-hybridized carbons (Fsp3) is 0.944. The van der Waals surface area contributed by atoms with Crippen molar-refractivity contribution in [3.63, 3.8) is 0 Å². The molecule has 0 spiro atoms. The minimum Gasteiger partial charge on any atom is -0.477 e. The van der Waals surface area contributed by atoms with Gasteiger partial charge in [-0.15, -0.1) is 0 Å². The van der Waals surface area contributed by atoms with Crippen molar-refractivity contribution in [2.75, 3.05) is 33.0 Å². The van der Waals surface area contributed by atoms with Gasteiger partial charge < -0.3 is 135 Å². The number of carboxylic acids is 1. The first kappa shape index (κ1) is 53.9. The second-order valence-electron chi connectivity index (χ2n) is 16.5. The van der Waals surface area contributed by atoms with Gasteiger partial charge in [0, 0.05) is 19.3 Å². The van der Waals surface area contributed by atoms with Crippen LogP contribution in [0.4, 0.5) is 0 Å². The molecule has 0 aromatic rings. The van der Waals surface area contributed by atoms with Gasteiger partial charge >= 0.3 is 5.97 Å². The van der Waals surface area contributed by atoms with Crippen molar-refractivity contribution < 1.29 is 139 Å². The van der Waals surface area contributed by atoms with Gasteiger partial charge in [-0.1, -0.05) is 6.92 Å². The molecule has 1 amide bonds. The highest BCUT2D eigenvalue weighted by Gasteiger charge is 2.58. The average molecular weight is 956 g/mol. The van der Waals surface area contributed by atoms with Crippen LogP contribution in [0.15, 0.2) is 0 Å². The Labute approximate surface area is 368 Å². The average Bonchev–Trinajstić information content (AvgIpc) is 3.27. The Morgan fingerprint density at radius 2 is 1.18 bits per heavy atom. The molecule has 5 saturated heterocycles. The number of carbonyl (C=O) groups is 2. The zero-order valence-corrected chi connectivity index (χ0v) is 34.8. The van der Waals surface area contributed by atoms with Crippen LogP contribution in [0.2, 0.25) is 0 Å². The lowest BCUT2D eigenvalue weighted by molar-refractivity contribution is -0.385. The summed E-state index contributed by atoms with van der Waals surface area (Å²) in [6.45, 7) is -2.63. The summed E-state index contributed by atoms with van der Waals surface area (Å²) in [5.74, 6) is -6.70. The van der Waals surface area contributed by atoms with E-state index in [0.717, 1.165) is 6.92 Å². The summed E-state index contributed by atoms with van der Waals surface area (Å²) in [6.07, 6.45) is -45.0. The number of rotatable bonds is 17. The lowest BCUT2D eigenvalue weighted by Gasteiger charge is -2.50. The molecule has 0 radical (unpaired) electrons. The molecule has 0 bridgehead atoms. The Morgan fingerprint density at radius 1 is 0.646 bits per heavy atom. The molecule has 5 heterocycles. The Balaban J connectivity index is 1.46. The first-order valence-electron chi connectivity index (χ1n) is 20.6. The highest BCUT2D eigenvalue weighted by atomic mass is 16.8. The maximum absolute atomic E-state index is 12.8. The predicted molar refractivity (Wildman–Crippen MR) is 198 cm³/mol. The van der Waals surface area contributed by atoms with Gasteiger partial charge in [-0.25, -0.2) is 4.79 Å². The summed E-state index contributed by atoms with van der Waals surface area (Å²) >= 11 is 0. The van der Waals surface area contributed by atoms with E-state index in [1.165, 1.54) is 6.92 Å². The van der Waals surface area contributed by atoms with Gasteiger partial charge in [0.05, 0.1) is 45.2 Å². The highest BCUT2D eigenvalue weighted by molar-refractivity contribution is 5.76. The molecule has 0 aromatic carbocycles. The smallest absolute Gasteiger partial charge is 0.364 e. The van der Waals surface area contributed by atoms with E-state index in [9.17, 15) is 96.4 Å². The molecule has 5 rings (SSSR count). The zero-order valence-electron chi connectivity index (χ0n) is 34.8. The van der Waals surface area contributed by atoms with Gasteiger partial charge in [0.1, 0.15) is 110 Å². The molecule has 378 valence electrons. The van der Waals surface area contributed by atoms with Gasteiger partial charge in [0.25, 0.3) is 5.79 Å². The van der Waals surface area contributed by atoms with Crippen molar-refractivity contribution in [1.82, 2.24) is 5.32 Å².